The van der Waals surface area contributed by atoms with Crippen molar-refractivity contribution < 1.29 is 33.2 Å². The SMILES string of the molecule is COc1cc(C(=O)OCc2csc(-c3cccc(OC)c3OC)n2)cc2c1OCCO2. The van der Waals surface area contributed by atoms with Gasteiger partial charge in [0, 0.05) is 5.38 Å². The Morgan fingerprint density at radius 2 is 1.87 bits per heavy atom. The molecule has 162 valence electrons. The molecular formula is C22H21NO7S. The van der Waals surface area contributed by atoms with E-state index in [0.717, 1.165) is 10.6 Å². The van der Waals surface area contributed by atoms with E-state index in [2.05, 4.69) is 4.98 Å². The third-order valence-electron chi connectivity index (χ3n) is 4.60. The number of fused-ring (bicyclic) bond motifs is 1. The van der Waals surface area contributed by atoms with E-state index >= 15 is 0 Å². The van der Waals surface area contributed by atoms with Gasteiger partial charge < -0.3 is 28.4 Å². The molecule has 8 nitrogen and oxygen atoms in total. The third kappa shape index (κ3) is 4.22. The average molecular weight is 443 g/mol. The van der Waals surface area contributed by atoms with Gasteiger partial charge in [-0.15, -0.1) is 11.3 Å². The van der Waals surface area contributed by atoms with Crippen molar-refractivity contribution in [2.24, 2.45) is 0 Å². The highest BCUT2D eigenvalue weighted by Gasteiger charge is 2.22. The lowest BCUT2D eigenvalue weighted by Crippen LogP contribution is -2.17. The van der Waals surface area contributed by atoms with Crippen LogP contribution in [0.2, 0.25) is 0 Å². The second-order valence-electron chi connectivity index (χ2n) is 6.46. The molecule has 1 aliphatic rings. The fourth-order valence-corrected chi connectivity index (χ4v) is 3.99. The van der Waals surface area contributed by atoms with Gasteiger partial charge in [0.2, 0.25) is 5.75 Å². The van der Waals surface area contributed by atoms with Crippen LogP contribution in [0.4, 0.5) is 0 Å². The maximum atomic E-state index is 12.6. The number of hydrogen-bond donors (Lipinski definition) is 0. The Bertz CT molecular complexity index is 1080. The molecule has 31 heavy (non-hydrogen) atoms. The molecule has 0 radical (unpaired) electrons. The minimum Gasteiger partial charge on any atom is -0.493 e. The van der Waals surface area contributed by atoms with E-state index in [9.17, 15) is 4.79 Å². The van der Waals surface area contributed by atoms with E-state index in [-0.39, 0.29) is 6.61 Å². The van der Waals surface area contributed by atoms with Crippen LogP contribution in [0.3, 0.4) is 0 Å². The molecule has 2 aromatic carbocycles. The fourth-order valence-electron chi connectivity index (χ4n) is 3.17. The standard InChI is InChI=1S/C22H21NO7S/c1-25-16-6-4-5-15(19(16)27-3)21-23-14(12-31-21)11-30-22(24)13-9-17(26-2)20-18(10-13)28-7-8-29-20/h4-6,9-10,12H,7-8,11H2,1-3H3. The van der Waals surface area contributed by atoms with Gasteiger partial charge >= 0.3 is 5.97 Å². The molecule has 0 unspecified atom stereocenters. The molecule has 0 bridgehead atoms. The van der Waals surface area contributed by atoms with Crippen LogP contribution in [0.5, 0.6) is 28.7 Å². The van der Waals surface area contributed by atoms with E-state index in [1.165, 1.54) is 18.4 Å². The molecule has 9 heteroatoms. The molecule has 4 rings (SSSR count). The van der Waals surface area contributed by atoms with Crippen molar-refractivity contribution in [1.82, 2.24) is 4.98 Å². The van der Waals surface area contributed by atoms with Crippen molar-refractivity contribution in [3.05, 3.63) is 47.0 Å². The lowest BCUT2D eigenvalue weighted by Gasteiger charge is -2.21. The summed E-state index contributed by atoms with van der Waals surface area (Å²) in [7, 11) is 4.67. The molecule has 2 heterocycles. The zero-order chi connectivity index (χ0) is 21.8. The molecule has 0 atom stereocenters. The van der Waals surface area contributed by atoms with Crippen molar-refractivity contribution in [2.45, 2.75) is 6.61 Å². The number of methoxy groups -OCH3 is 3. The number of para-hydroxylation sites is 1. The number of benzene rings is 2. The highest BCUT2D eigenvalue weighted by atomic mass is 32.1. The monoisotopic (exact) mass is 443 g/mol. The lowest BCUT2D eigenvalue weighted by atomic mass is 10.1. The first-order valence-electron chi connectivity index (χ1n) is 9.45. The van der Waals surface area contributed by atoms with Crippen LogP contribution in [0, 0.1) is 0 Å². The summed E-state index contributed by atoms with van der Waals surface area (Å²) >= 11 is 1.43. The van der Waals surface area contributed by atoms with E-state index in [0.29, 0.717) is 53.2 Å². The molecular weight excluding hydrogens is 422 g/mol. The van der Waals surface area contributed by atoms with Gasteiger partial charge in [-0.2, -0.15) is 0 Å². The highest BCUT2D eigenvalue weighted by Crippen LogP contribution is 2.41. The van der Waals surface area contributed by atoms with Crippen LogP contribution in [0.25, 0.3) is 10.6 Å². The number of thiazole rings is 1. The second-order valence-corrected chi connectivity index (χ2v) is 7.32. The molecule has 3 aromatic rings. The Morgan fingerprint density at radius 1 is 1.06 bits per heavy atom. The zero-order valence-corrected chi connectivity index (χ0v) is 18.1. The van der Waals surface area contributed by atoms with Crippen molar-refractivity contribution >= 4 is 17.3 Å². The number of hydrogen-bond acceptors (Lipinski definition) is 9. The van der Waals surface area contributed by atoms with Gasteiger partial charge in [0.15, 0.2) is 23.0 Å². The van der Waals surface area contributed by atoms with Crippen LogP contribution >= 0.6 is 11.3 Å². The van der Waals surface area contributed by atoms with Crippen molar-refractivity contribution in [2.75, 3.05) is 34.5 Å². The number of esters is 1. The van der Waals surface area contributed by atoms with Gasteiger partial charge in [0.1, 0.15) is 24.8 Å². The fraction of sp³-hybridized carbons (Fsp3) is 0.273. The number of aromatic nitrogens is 1. The Hall–Kier alpha value is -3.46. The molecule has 1 aromatic heterocycles. The Morgan fingerprint density at radius 3 is 2.65 bits per heavy atom. The highest BCUT2D eigenvalue weighted by molar-refractivity contribution is 7.13. The zero-order valence-electron chi connectivity index (χ0n) is 17.3. The van der Waals surface area contributed by atoms with Gasteiger partial charge in [-0.1, -0.05) is 6.07 Å². The topological polar surface area (TPSA) is 85.3 Å². The molecule has 0 amide bonds. The van der Waals surface area contributed by atoms with Gasteiger partial charge in [-0.05, 0) is 24.3 Å². The molecule has 0 fully saturated rings. The summed E-state index contributed by atoms with van der Waals surface area (Å²) in [6.45, 7) is 0.861. The van der Waals surface area contributed by atoms with Crippen LogP contribution < -0.4 is 23.7 Å². The average Bonchev–Trinajstić information content (AvgIpc) is 3.30. The van der Waals surface area contributed by atoms with E-state index in [4.69, 9.17) is 28.4 Å². The summed E-state index contributed by atoms with van der Waals surface area (Å²) in [6.07, 6.45) is 0. The second kappa shape index (κ2) is 9.13. The lowest BCUT2D eigenvalue weighted by molar-refractivity contribution is 0.0467. The summed E-state index contributed by atoms with van der Waals surface area (Å²) in [6, 6.07) is 8.75. The number of carbonyl (C=O) groups excluding carboxylic acids is 1. The van der Waals surface area contributed by atoms with Gasteiger partial charge in [-0.3, -0.25) is 0 Å². The quantitative estimate of drug-likeness (QED) is 0.507. The summed E-state index contributed by atoms with van der Waals surface area (Å²) in [5.41, 5.74) is 1.75. The first kappa shape index (κ1) is 20.8. The molecule has 0 N–H and O–H groups in total. The predicted molar refractivity (Wildman–Crippen MR) is 114 cm³/mol. The number of rotatable bonds is 7. The molecule has 0 spiro atoms. The van der Waals surface area contributed by atoms with Crippen molar-refractivity contribution in [1.29, 1.82) is 0 Å². The first-order valence-corrected chi connectivity index (χ1v) is 10.3. The van der Waals surface area contributed by atoms with Crippen LogP contribution in [0.1, 0.15) is 16.1 Å². The van der Waals surface area contributed by atoms with E-state index in [1.807, 2.05) is 23.6 Å². The molecule has 0 aliphatic carbocycles. The first-order chi connectivity index (χ1) is 15.1. The van der Waals surface area contributed by atoms with Crippen LogP contribution in [-0.4, -0.2) is 45.5 Å². The summed E-state index contributed by atoms with van der Waals surface area (Å²) in [5, 5.41) is 2.58. The summed E-state index contributed by atoms with van der Waals surface area (Å²) in [5.74, 6) is 2.08. The maximum Gasteiger partial charge on any atom is 0.338 e. The summed E-state index contributed by atoms with van der Waals surface area (Å²) < 4.78 is 32.7. The van der Waals surface area contributed by atoms with Crippen molar-refractivity contribution in [3.63, 3.8) is 0 Å². The smallest absolute Gasteiger partial charge is 0.338 e. The van der Waals surface area contributed by atoms with Crippen LogP contribution in [-0.2, 0) is 11.3 Å². The minimum atomic E-state index is -0.510. The third-order valence-corrected chi connectivity index (χ3v) is 5.52. The number of nitrogens with zero attached hydrogens (tertiary/aromatic N) is 1. The maximum absolute atomic E-state index is 12.6. The number of ether oxygens (including phenoxy) is 6. The van der Waals surface area contributed by atoms with Gasteiger partial charge in [0.25, 0.3) is 0 Å². The van der Waals surface area contributed by atoms with Crippen molar-refractivity contribution in [3.8, 4) is 39.3 Å². The normalized spacial score (nSPS) is 12.2. The van der Waals surface area contributed by atoms with Crippen LogP contribution in [0.15, 0.2) is 35.7 Å². The Balaban J connectivity index is 1.49. The molecule has 1 aliphatic heterocycles. The van der Waals surface area contributed by atoms with Gasteiger partial charge in [-0.25, -0.2) is 9.78 Å². The largest absolute Gasteiger partial charge is 0.493 e. The minimum absolute atomic E-state index is 0.0262. The van der Waals surface area contributed by atoms with E-state index < -0.39 is 5.97 Å². The Labute approximate surface area is 183 Å². The predicted octanol–water partition coefficient (Wildman–Crippen LogP) is 3.96. The van der Waals surface area contributed by atoms with Gasteiger partial charge in [0.05, 0.1) is 38.2 Å². The number of carbonyl (C=O) groups is 1. The summed E-state index contributed by atoms with van der Waals surface area (Å²) in [4.78, 5) is 17.2. The molecule has 0 saturated carbocycles. The molecule has 0 saturated heterocycles. The Kier molecular flexibility index (Phi) is 6.13. The van der Waals surface area contributed by atoms with E-state index in [1.54, 1.807) is 26.4 Å².